The first-order chi connectivity index (χ1) is 61.6. The molecule has 13 heterocycles. The number of carbonyl (C=O) groups excluding carboxylic acids is 4. The lowest BCUT2D eigenvalue weighted by molar-refractivity contribution is -0.119. The molecule has 4 aliphatic heterocycles. The van der Waals surface area contributed by atoms with E-state index in [1.165, 1.54) is 12.7 Å². The van der Waals surface area contributed by atoms with Crippen LogP contribution in [0.5, 0.6) is 0 Å². The number of fused-ring (bicyclic) bond motifs is 4. The molecule has 0 aliphatic carbocycles. The average molecular weight is 1910 g/mol. The van der Waals surface area contributed by atoms with Gasteiger partial charge >= 0.3 is 30.8 Å². The monoisotopic (exact) mass is 1910 g/mol. The molecule has 16 atom stereocenters. The van der Waals surface area contributed by atoms with Gasteiger partial charge in [0, 0.05) is 49.6 Å². The highest BCUT2D eigenvalue weighted by Crippen LogP contribution is 2.57. The average Bonchev–Trinajstić information content (AvgIpc) is 1.77. The van der Waals surface area contributed by atoms with Gasteiger partial charge in [-0.15, -0.1) is 20.4 Å². The Morgan fingerprint density at radius 2 is 0.915 bits per heavy atom. The Labute approximate surface area is 742 Å². The number of nitriles is 2. The molecule has 50 nitrogen and oxygen atoms in total. The van der Waals surface area contributed by atoms with E-state index in [0.29, 0.717) is 11.1 Å². The number of anilines is 4. The molecule has 2 unspecified atom stereocenters. The summed E-state index contributed by atoms with van der Waals surface area (Å²) in [6, 6.07) is 26.5. The number of benzene rings is 2. The predicted molar refractivity (Wildman–Crippen MR) is 455 cm³/mol. The Balaban J connectivity index is 0.000000256. The van der Waals surface area contributed by atoms with Crippen molar-refractivity contribution in [2.24, 2.45) is 11.8 Å². The molecule has 0 spiro atoms. The summed E-state index contributed by atoms with van der Waals surface area (Å²) in [7, 11) is -1.67. The van der Waals surface area contributed by atoms with Crippen molar-refractivity contribution in [3.63, 3.8) is 0 Å². The maximum Gasteiger partial charge on any atom is 0.327 e. The van der Waals surface area contributed by atoms with Crippen LogP contribution in [0.1, 0.15) is 127 Å². The molecule has 4 amide bonds. The number of aliphatic hydroxyl groups is 2. The van der Waals surface area contributed by atoms with E-state index < -0.39 is 163 Å². The fourth-order valence-electron chi connectivity index (χ4n) is 12.6. The Bertz CT molecular complexity index is 5640. The van der Waals surface area contributed by atoms with Gasteiger partial charge in [-0.25, -0.2) is 37.8 Å². The van der Waals surface area contributed by atoms with E-state index in [1.54, 1.807) is 115 Å². The Morgan fingerprint density at radius 3 is 1.25 bits per heavy atom. The number of aromatic nitrogens is 21. The maximum absolute atomic E-state index is 16.6. The number of hydrogen-bond acceptors (Lipinski definition) is 40. The van der Waals surface area contributed by atoms with Crippen LogP contribution in [0.2, 0.25) is 0 Å². The lowest BCUT2D eigenvalue weighted by Gasteiger charge is -2.28. The van der Waals surface area contributed by atoms with Crippen LogP contribution in [0.15, 0.2) is 114 Å². The first-order valence-electron chi connectivity index (χ1n) is 38.7. The number of amides is 4. The third-order valence-corrected chi connectivity index (χ3v) is 23.4. The van der Waals surface area contributed by atoms with Crippen molar-refractivity contribution >= 4 is 146 Å². The van der Waals surface area contributed by atoms with E-state index in [4.69, 9.17) is 88.6 Å². The van der Waals surface area contributed by atoms with Gasteiger partial charge in [-0.2, -0.15) is 39.2 Å². The molecule has 0 bridgehead atoms. The number of nitrogens with one attached hydrogen (secondary N) is 6. The Kier molecular flexibility index (Phi) is 36.3. The van der Waals surface area contributed by atoms with Crippen molar-refractivity contribution in [2.75, 3.05) is 47.7 Å². The molecular weight excluding hydrogens is 1820 g/mol. The molecular formula is C71H86F2N28O22P4S2. The molecule has 4 saturated heterocycles. The summed E-state index contributed by atoms with van der Waals surface area (Å²) in [5.74, 6) is -2.67. The van der Waals surface area contributed by atoms with Gasteiger partial charge in [-0.3, -0.25) is 63.4 Å². The number of pyridine rings is 1. The zero-order valence-electron chi connectivity index (χ0n) is 68.7. The SMILES string of the molecule is CC[C@H]1O[C@@H](n2nnc3c(NC(=O)c4ccccc4)ncnc32)[C@@H](F)[C@@H]1OP(=S)(OCCC#N)OC[C@@H]1C[C@H](O)[C@H](n2nnc3c(=O)[nH]c(NC(=O)C(C)C)nc32)O1.CC[C@H]1O[C@@H](n2nnc3c(NC(=O)c4ccccc4)ncnc32)[C@@H](F)[C@@H]1OP(=S)(OCCC#N)OC[C@@H]1C[C@H](O)[C@H](n2nnc3c(=O)[nH]c(NC(=O)C(C)C)nc32)O1.N.O=PO.O=PO.[HH].c1ccncc1. The number of H-pyrrole nitrogens is 2. The molecule has 0 saturated carbocycles. The number of carbonyl (C=O) groups is 4. The zero-order valence-corrected chi connectivity index (χ0v) is 73.9. The maximum atomic E-state index is 16.6. The second-order valence-corrected chi connectivity index (χ2v) is 34.3. The second kappa shape index (κ2) is 46.8. The Hall–Kier alpha value is -11.3. The largest absolute Gasteiger partial charge is 0.388 e. The third-order valence-electron chi connectivity index (χ3n) is 18.7. The van der Waals surface area contributed by atoms with E-state index in [2.05, 4.69) is 107 Å². The summed E-state index contributed by atoms with van der Waals surface area (Å²) in [6.45, 7) is 1.44. The van der Waals surface area contributed by atoms with Crippen LogP contribution in [-0.4, -0.2) is 236 Å². The van der Waals surface area contributed by atoms with Gasteiger partial charge < -0.3 is 73.8 Å². The zero-order chi connectivity index (χ0) is 91.9. The molecule has 4 fully saturated rings. The molecule has 15 rings (SSSR count). The fraction of sp³-hybridized carbons (Fsp3) is 0.451. The van der Waals surface area contributed by atoms with Crippen LogP contribution >= 0.6 is 30.8 Å². The second-order valence-electron chi connectivity index (χ2n) is 28.1. The van der Waals surface area contributed by atoms with Crippen molar-refractivity contribution in [3.8, 4) is 12.1 Å². The molecule has 0 radical (unpaired) electrons. The summed E-state index contributed by atoms with van der Waals surface area (Å²) in [6.07, 6.45) is -11.3. The van der Waals surface area contributed by atoms with Gasteiger partial charge in [-0.05, 0) is 72.9 Å². The highest BCUT2D eigenvalue weighted by molar-refractivity contribution is 8.07. The minimum Gasteiger partial charge on any atom is -0.388 e. The third kappa shape index (κ3) is 24.8. The van der Waals surface area contributed by atoms with Crippen molar-refractivity contribution in [2.45, 2.75) is 166 Å². The van der Waals surface area contributed by atoms with Crippen LogP contribution in [-0.2, 0) is 88.4 Å². The van der Waals surface area contributed by atoms with Gasteiger partial charge in [0.2, 0.25) is 23.7 Å². The highest BCUT2D eigenvalue weighted by Gasteiger charge is 2.53. The molecule has 13 N–H and O–H groups in total. The van der Waals surface area contributed by atoms with Crippen LogP contribution in [0.3, 0.4) is 0 Å². The summed E-state index contributed by atoms with van der Waals surface area (Å²) in [5.41, 5.74) is -0.693. The first kappa shape index (κ1) is 99.9. The van der Waals surface area contributed by atoms with Gasteiger partial charge in [0.1, 0.15) is 37.1 Å². The van der Waals surface area contributed by atoms with Crippen LogP contribution in [0, 0.1) is 34.5 Å². The molecule has 688 valence electrons. The number of ether oxygens (including phenoxy) is 4. The number of rotatable bonds is 30. The minimum absolute atomic E-state index is 0. The summed E-state index contributed by atoms with van der Waals surface area (Å²) >= 11 is 11.5. The number of aromatic amines is 2. The molecule has 4 aliphatic rings. The number of aliphatic hydroxyl groups excluding tert-OH is 2. The van der Waals surface area contributed by atoms with Gasteiger partial charge in [0.05, 0.1) is 75.8 Å². The number of hydrogen-bond donors (Lipinski definition) is 11. The molecule has 11 aromatic rings. The molecule has 9 aromatic heterocycles. The summed E-state index contributed by atoms with van der Waals surface area (Å²) in [4.78, 5) is 123. The number of halogens is 2. The lowest BCUT2D eigenvalue weighted by atomic mass is 10.1. The van der Waals surface area contributed by atoms with Crippen molar-refractivity contribution < 1.29 is 105 Å². The first-order valence-corrected chi connectivity index (χ1v) is 45.4. The topological polar surface area (TPSA) is 685 Å². The van der Waals surface area contributed by atoms with Gasteiger partial charge in [-0.1, -0.05) is 105 Å². The smallest absolute Gasteiger partial charge is 0.327 e. The number of nitrogens with zero attached hydrogens (tertiary/aromatic N) is 21. The molecule has 129 heavy (non-hydrogen) atoms. The van der Waals surface area contributed by atoms with E-state index in [0.717, 1.165) is 18.7 Å². The lowest BCUT2D eigenvalue weighted by Crippen LogP contribution is -2.32. The standard InChI is InChI=1S/2C33H37FN13O9PS.C5H5N.H3N.2HO2P.H2/c2*1-4-20-24(21(34)32(55-20)46-26-22(42-44-46)25(36-15-37-26)38-29(50)17-9-6-5-7-10-17)56-57(58,52-12-8-11-35)53-14-18-13-19(48)31(54-18)47-27-23(43-45-47)30(51)41-33(39-27)40-28(49)16(2)3;1-2-4-6-5-3-1;;2*1-3-2;/h2*5-7,9-10,15-16,18-21,24,31-32,48H,4,8,12-14H2,1-3H3,(H,36,37,38,50)(H2,39,40,41,49,51);1-5H;1H3;2*(H,1,2);1H/t2*18-,19-,20+,21-,24+,31+,32+,57?;;;;;/m00...../s1. The van der Waals surface area contributed by atoms with Crippen molar-refractivity contribution in [1.29, 1.82) is 10.5 Å². The van der Waals surface area contributed by atoms with E-state index in [1.807, 2.05) is 30.3 Å². The van der Waals surface area contributed by atoms with E-state index in [9.17, 15) is 49.5 Å². The van der Waals surface area contributed by atoms with E-state index in [-0.39, 0.29) is 141 Å². The van der Waals surface area contributed by atoms with E-state index >= 15 is 8.78 Å². The normalized spacial score (nSPS) is 22.5. The van der Waals surface area contributed by atoms with Gasteiger partial charge in [0.25, 0.3) is 22.9 Å². The van der Waals surface area contributed by atoms with Crippen molar-refractivity contribution in [3.05, 3.63) is 136 Å². The number of alkyl halides is 2. The minimum atomic E-state index is -3.87. The Morgan fingerprint density at radius 1 is 0.558 bits per heavy atom. The highest BCUT2D eigenvalue weighted by atomic mass is 32.5. The predicted octanol–water partition coefficient (Wildman–Crippen LogP) is 6.75. The van der Waals surface area contributed by atoms with Gasteiger partial charge in [0.15, 0.2) is 93.5 Å². The van der Waals surface area contributed by atoms with Crippen LogP contribution in [0.25, 0.3) is 44.7 Å². The van der Waals surface area contributed by atoms with Crippen LogP contribution < -0.4 is 38.5 Å². The van der Waals surface area contributed by atoms with Crippen LogP contribution in [0.4, 0.5) is 32.3 Å². The van der Waals surface area contributed by atoms with Crippen molar-refractivity contribution in [1.82, 2.24) is 111 Å². The fourth-order valence-corrected chi connectivity index (χ4v) is 16.9. The molecule has 2 aromatic carbocycles. The quantitative estimate of drug-likeness (QED) is 0.0164. The summed E-state index contributed by atoms with van der Waals surface area (Å²) < 4.78 is 115. The molecule has 58 heteroatoms. The summed E-state index contributed by atoms with van der Waals surface area (Å²) in [5, 5.41) is 82.8.